The third kappa shape index (κ3) is 4.09. The van der Waals surface area contributed by atoms with E-state index in [1.165, 1.54) is 22.9 Å². The van der Waals surface area contributed by atoms with E-state index >= 15 is 0 Å². The first-order valence-corrected chi connectivity index (χ1v) is 11.5. The third-order valence-corrected chi connectivity index (χ3v) is 6.24. The smallest absolute Gasteiger partial charge is 0.252 e. The number of aryl methyl sites for hydroxylation is 1. The largest absolute Gasteiger partial charge is 0.379 e. The Morgan fingerprint density at radius 3 is 2.67 bits per heavy atom. The summed E-state index contributed by atoms with van der Waals surface area (Å²) in [6, 6.07) is 7.22. The second-order valence-electron chi connectivity index (χ2n) is 9.13. The first kappa shape index (κ1) is 22.3. The Bertz CT molecular complexity index is 1500. The van der Waals surface area contributed by atoms with Crippen LogP contribution in [0.1, 0.15) is 36.1 Å². The molecule has 180 valence electrons. The van der Waals surface area contributed by atoms with Crippen LogP contribution in [0.2, 0.25) is 0 Å². The number of allylic oxidation sites excluding steroid dienone is 1. The van der Waals surface area contributed by atoms with Gasteiger partial charge >= 0.3 is 0 Å². The summed E-state index contributed by atoms with van der Waals surface area (Å²) in [6.45, 7) is 3.49. The Labute approximate surface area is 205 Å². The van der Waals surface area contributed by atoms with Crippen LogP contribution in [0.3, 0.4) is 0 Å². The van der Waals surface area contributed by atoms with Crippen LogP contribution >= 0.6 is 0 Å². The van der Waals surface area contributed by atoms with Crippen molar-refractivity contribution in [3.8, 4) is 17.2 Å². The number of hydrogen-bond acceptors (Lipinski definition) is 7. The molecular formula is C26H21F2N7O. The first-order valence-electron chi connectivity index (χ1n) is 11.5. The zero-order chi connectivity index (χ0) is 24.7. The average molecular weight is 485 g/mol. The highest BCUT2D eigenvalue weighted by Gasteiger charge is 2.30. The van der Waals surface area contributed by atoms with Gasteiger partial charge in [0.1, 0.15) is 18.0 Å². The predicted molar refractivity (Wildman–Crippen MR) is 128 cm³/mol. The van der Waals surface area contributed by atoms with Crippen LogP contribution in [0, 0.1) is 17.0 Å². The van der Waals surface area contributed by atoms with Gasteiger partial charge in [-0.05, 0) is 48.7 Å². The molecule has 3 aromatic heterocycles. The monoisotopic (exact) mass is 485 g/mol. The highest BCUT2D eigenvalue weighted by atomic mass is 19.1. The SMILES string of the molecule is CC1(/C=C/c2ncn(-c3nccc(C4=CCCc5cc(-c6c(F)cccc6F)nnc54)n3)n2)COC1. The molecule has 36 heavy (non-hydrogen) atoms. The summed E-state index contributed by atoms with van der Waals surface area (Å²) in [4.78, 5) is 13.3. The van der Waals surface area contributed by atoms with Gasteiger partial charge in [0, 0.05) is 17.2 Å². The summed E-state index contributed by atoms with van der Waals surface area (Å²) in [5, 5.41) is 12.9. The molecule has 2 aliphatic rings. The molecule has 0 radical (unpaired) electrons. The van der Waals surface area contributed by atoms with Gasteiger partial charge < -0.3 is 4.74 Å². The minimum atomic E-state index is -0.673. The van der Waals surface area contributed by atoms with Crippen LogP contribution in [-0.4, -0.2) is 48.1 Å². The molecule has 0 bridgehead atoms. The van der Waals surface area contributed by atoms with E-state index in [0.717, 1.165) is 17.6 Å². The summed E-state index contributed by atoms with van der Waals surface area (Å²) in [5.74, 6) is -0.427. The van der Waals surface area contributed by atoms with Gasteiger partial charge in [-0.25, -0.2) is 23.7 Å². The van der Waals surface area contributed by atoms with Crippen molar-refractivity contribution in [3.05, 3.63) is 89.4 Å². The maximum absolute atomic E-state index is 14.3. The van der Waals surface area contributed by atoms with Crippen molar-refractivity contribution >= 4 is 11.6 Å². The van der Waals surface area contributed by atoms with Crippen LogP contribution < -0.4 is 0 Å². The highest BCUT2D eigenvalue weighted by molar-refractivity contribution is 5.79. The second kappa shape index (κ2) is 8.80. The number of ether oxygens (including phenoxy) is 1. The van der Waals surface area contributed by atoms with E-state index in [2.05, 4.69) is 43.2 Å². The van der Waals surface area contributed by atoms with Crippen LogP contribution in [-0.2, 0) is 11.2 Å². The Balaban J connectivity index is 1.30. The van der Waals surface area contributed by atoms with Gasteiger partial charge in [-0.3, -0.25) is 0 Å². The van der Waals surface area contributed by atoms with E-state index in [-0.39, 0.29) is 16.7 Å². The predicted octanol–water partition coefficient (Wildman–Crippen LogP) is 4.22. The van der Waals surface area contributed by atoms with Gasteiger partial charge in [-0.1, -0.05) is 25.1 Å². The Kier molecular flexibility index (Phi) is 5.45. The Morgan fingerprint density at radius 2 is 1.89 bits per heavy atom. The van der Waals surface area contributed by atoms with Gasteiger partial charge in [0.2, 0.25) is 0 Å². The molecule has 0 saturated carbocycles. The maximum Gasteiger partial charge on any atom is 0.252 e. The van der Waals surface area contributed by atoms with Gasteiger partial charge in [-0.2, -0.15) is 4.68 Å². The summed E-state index contributed by atoms with van der Waals surface area (Å²) in [6.07, 6.45) is 10.6. The first-order chi connectivity index (χ1) is 17.5. The minimum absolute atomic E-state index is 0.0156. The Hall–Kier alpha value is -4.18. The number of nitrogens with zero attached hydrogens (tertiary/aromatic N) is 7. The lowest BCUT2D eigenvalue weighted by Crippen LogP contribution is -2.37. The normalized spacial score (nSPS) is 16.5. The summed E-state index contributed by atoms with van der Waals surface area (Å²) < 4.78 is 35.4. The van der Waals surface area contributed by atoms with Crippen LogP contribution in [0.4, 0.5) is 8.78 Å². The van der Waals surface area contributed by atoms with E-state index in [0.29, 0.717) is 42.8 Å². The van der Waals surface area contributed by atoms with E-state index in [1.807, 2.05) is 12.2 Å². The van der Waals surface area contributed by atoms with Crippen molar-refractivity contribution in [3.63, 3.8) is 0 Å². The van der Waals surface area contributed by atoms with E-state index in [9.17, 15) is 8.78 Å². The van der Waals surface area contributed by atoms with Crippen molar-refractivity contribution in [2.75, 3.05) is 13.2 Å². The summed E-state index contributed by atoms with van der Waals surface area (Å²) >= 11 is 0. The molecule has 0 atom stereocenters. The molecule has 0 unspecified atom stereocenters. The lowest BCUT2D eigenvalue weighted by molar-refractivity contribution is -0.0703. The fourth-order valence-electron chi connectivity index (χ4n) is 4.26. The van der Waals surface area contributed by atoms with Crippen molar-refractivity contribution in [2.24, 2.45) is 5.41 Å². The molecule has 4 aromatic rings. The number of fused-ring (bicyclic) bond motifs is 1. The van der Waals surface area contributed by atoms with Gasteiger partial charge in [-0.15, -0.1) is 15.3 Å². The quantitative estimate of drug-likeness (QED) is 0.418. The van der Waals surface area contributed by atoms with Gasteiger partial charge in [0.25, 0.3) is 5.95 Å². The molecule has 1 aromatic carbocycles. The van der Waals surface area contributed by atoms with Crippen molar-refractivity contribution in [1.29, 1.82) is 0 Å². The molecule has 1 aliphatic heterocycles. The topological polar surface area (TPSA) is 91.5 Å². The van der Waals surface area contributed by atoms with Crippen molar-refractivity contribution < 1.29 is 13.5 Å². The fraction of sp³-hybridized carbons (Fsp3) is 0.231. The molecule has 6 rings (SSSR count). The molecule has 0 amide bonds. The zero-order valence-electron chi connectivity index (χ0n) is 19.4. The van der Waals surface area contributed by atoms with E-state index in [4.69, 9.17) is 4.74 Å². The van der Waals surface area contributed by atoms with Crippen molar-refractivity contribution in [1.82, 2.24) is 34.9 Å². The molecule has 1 fully saturated rings. The number of halogens is 2. The van der Waals surface area contributed by atoms with E-state index in [1.54, 1.807) is 24.7 Å². The summed E-state index contributed by atoms with van der Waals surface area (Å²) in [5.41, 5.74) is 2.91. The maximum atomic E-state index is 14.3. The molecule has 0 N–H and O–H groups in total. The van der Waals surface area contributed by atoms with Crippen LogP contribution in [0.5, 0.6) is 0 Å². The van der Waals surface area contributed by atoms with Gasteiger partial charge in [0.05, 0.1) is 35.9 Å². The number of rotatable bonds is 5. The summed E-state index contributed by atoms with van der Waals surface area (Å²) in [7, 11) is 0. The number of benzene rings is 1. The third-order valence-electron chi connectivity index (χ3n) is 6.24. The molecule has 4 heterocycles. The van der Waals surface area contributed by atoms with Crippen LogP contribution in [0.15, 0.2) is 55.0 Å². The molecule has 1 saturated heterocycles. The number of hydrogen-bond donors (Lipinski definition) is 0. The zero-order valence-corrected chi connectivity index (χ0v) is 19.4. The number of aromatic nitrogens is 7. The van der Waals surface area contributed by atoms with Crippen molar-refractivity contribution in [2.45, 2.75) is 19.8 Å². The molecular weight excluding hydrogens is 464 g/mol. The molecule has 8 nitrogen and oxygen atoms in total. The standard InChI is InChI=1S/C26H21F2N7O/c1-26(13-36-14-26)10-8-22-30-15-35(34-22)25-29-11-9-20(31-25)17-5-2-4-16-12-21(32-33-24(16)17)23-18(27)6-3-7-19(23)28/h3,5-12,15H,2,4,13-14H2,1H3/b10-8+. The lowest BCUT2D eigenvalue weighted by Gasteiger charge is -2.34. The lowest BCUT2D eigenvalue weighted by atomic mass is 9.88. The average Bonchev–Trinajstić information content (AvgIpc) is 3.35. The van der Waals surface area contributed by atoms with Gasteiger partial charge in [0.15, 0.2) is 5.82 Å². The highest BCUT2D eigenvalue weighted by Crippen LogP contribution is 2.32. The van der Waals surface area contributed by atoms with E-state index < -0.39 is 11.6 Å². The molecule has 1 aliphatic carbocycles. The molecule has 0 spiro atoms. The molecule has 10 heteroatoms. The second-order valence-corrected chi connectivity index (χ2v) is 9.13. The minimum Gasteiger partial charge on any atom is -0.379 e. The fourth-order valence-corrected chi connectivity index (χ4v) is 4.26. The van der Waals surface area contributed by atoms with Crippen LogP contribution in [0.25, 0.3) is 28.9 Å². The Morgan fingerprint density at radius 1 is 1.06 bits per heavy atom.